The molecule has 0 bridgehead atoms. The van der Waals surface area contributed by atoms with Crippen molar-refractivity contribution in [3.8, 4) is 0 Å². The highest BCUT2D eigenvalue weighted by Crippen LogP contribution is 2.64. The Balaban J connectivity index is 6.30. The number of hydrogen-bond donors (Lipinski definition) is 0. The summed E-state index contributed by atoms with van der Waals surface area (Å²) in [6, 6.07) is 0. The zero-order chi connectivity index (χ0) is 28.7. The van der Waals surface area contributed by atoms with Crippen molar-refractivity contribution in [1.82, 2.24) is 0 Å². The van der Waals surface area contributed by atoms with Gasteiger partial charge in [0.1, 0.15) is 0 Å². The molecule has 0 amide bonds. The monoisotopic (exact) mass is 562 g/mol. The number of esters is 1. The van der Waals surface area contributed by atoms with Crippen LogP contribution in [0.1, 0.15) is 25.7 Å². The molecule has 0 aliphatic heterocycles. The largest absolute Gasteiger partial charge is 0.469 e. The van der Waals surface area contributed by atoms with Gasteiger partial charge in [-0.15, -0.1) is 0 Å². The molecule has 0 spiro atoms. The summed E-state index contributed by atoms with van der Waals surface area (Å²) in [6.45, 7) is 0. The predicted molar refractivity (Wildman–Crippen MR) is 76.2 cm³/mol. The first-order chi connectivity index (χ1) is 15.1. The highest BCUT2D eigenvalue weighted by Gasteiger charge is 2.95. The SMILES string of the molecule is COC(=O)CCCCC(=O)C(F)(F)C(F)(F)C(F)(F)C(F)(F)C(F)(F)C(F)(F)C(F)(F)C(F)(F)F. The average molecular weight is 562 g/mol. The van der Waals surface area contributed by atoms with E-state index in [4.69, 9.17) is 0 Å². The first-order valence-electron chi connectivity index (χ1n) is 8.44. The van der Waals surface area contributed by atoms with Crippen LogP contribution in [0.4, 0.5) is 74.6 Å². The van der Waals surface area contributed by atoms with Gasteiger partial charge in [-0.3, -0.25) is 9.59 Å². The van der Waals surface area contributed by atoms with E-state index in [2.05, 4.69) is 4.74 Å². The molecule has 0 aromatic carbocycles. The van der Waals surface area contributed by atoms with E-state index < -0.39 is 85.1 Å². The Labute approximate surface area is 182 Å². The Morgan fingerprint density at radius 2 is 0.829 bits per heavy atom. The minimum absolute atomic E-state index is 0.635. The number of carbonyl (C=O) groups is 2. The maximum absolute atomic E-state index is 13.6. The number of alkyl halides is 17. The number of rotatable bonds is 12. The Kier molecular flexibility index (Phi) is 8.88. The van der Waals surface area contributed by atoms with E-state index in [0.29, 0.717) is 0 Å². The maximum Gasteiger partial charge on any atom is 0.460 e. The molecule has 0 unspecified atom stereocenters. The third-order valence-electron chi connectivity index (χ3n) is 4.33. The van der Waals surface area contributed by atoms with Gasteiger partial charge in [0, 0.05) is 12.8 Å². The lowest BCUT2D eigenvalue weighted by molar-refractivity contribution is -0.459. The number of halogens is 17. The van der Waals surface area contributed by atoms with Gasteiger partial charge in [-0.25, -0.2) is 0 Å². The summed E-state index contributed by atoms with van der Waals surface area (Å²) in [5.74, 6) is -62.4. The van der Waals surface area contributed by atoms with Gasteiger partial charge in [-0.05, 0) is 12.8 Å². The molecule has 0 aliphatic rings. The standard InChI is InChI=1S/C15H11F17O3/c1-35-7(34)5-3-2-4-6(33)8(16,17)9(18,19)10(20,21)11(22,23)12(24,25)13(26,27)14(28,29)15(30,31)32/h2-5H2,1H3. The first kappa shape index (κ1) is 32.9. The van der Waals surface area contributed by atoms with Crippen molar-refractivity contribution in [3.05, 3.63) is 0 Å². The summed E-state index contributed by atoms with van der Waals surface area (Å²) in [7, 11) is 0.814. The number of methoxy groups -OCH3 is 1. The highest BCUT2D eigenvalue weighted by molar-refractivity contribution is 5.87. The fourth-order valence-corrected chi connectivity index (χ4v) is 2.15. The molecular formula is C15H11F17O3. The van der Waals surface area contributed by atoms with Gasteiger partial charge >= 0.3 is 53.6 Å². The Morgan fingerprint density at radius 1 is 0.514 bits per heavy atom. The fraction of sp³-hybridized carbons (Fsp3) is 0.867. The van der Waals surface area contributed by atoms with Crippen molar-refractivity contribution in [2.24, 2.45) is 0 Å². The average Bonchev–Trinajstić information content (AvgIpc) is 2.68. The van der Waals surface area contributed by atoms with Gasteiger partial charge in [0.15, 0.2) is 0 Å². The highest BCUT2D eigenvalue weighted by atomic mass is 19.4. The van der Waals surface area contributed by atoms with Gasteiger partial charge in [0.05, 0.1) is 7.11 Å². The van der Waals surface area contributed by atoms with Crippen LogP contribution in [0.5, 0.6) is 0 Å². The molecule has 208 valence electrons. The molecule has 0 aromatic heterocycles. The normalized spacial score (nSPS) is 15.3. The van der Waals surface area contributed by atoms with E-state index in [1.165, 1.54) is 0 Å². The van der Waals surface area contributed by atoms with Gasteiger partial charge in [0.25, 0.3) is 0 Å². The molecule has 0 fully saturated rings. The Hall–Kier alpha value is -2.05. The van der Waals surface area contributed by atoms with Crippen molar-refractivity contribution >= 4 is 11.8 Å². The molecule has 0 rings (SSSR count). The van der Waals surface area contributed by atoms with Crippen molar-refractivity contribution in [2.75, 3.05) is 7.11 Å². The Morgan fingerprint density at radius 3 is 1.17 bits per heavy atom. The predicted octanol–water partition coefficient (Wildman–Crippen LogP) is 6.30. The lowest BCUT2D eigenvalue weighted by Gasteiger charge is -2.42. The molecule has 20 heteroatoms. The summed E-state index contributed by atoms with van der Waals surface area (Å²) in [4.78, 5) is 22.0. The number of carbonyl (C=O) groups excluding carboxylic acids is 2. The van der Waals surface area contributed by atoms with E-state index in [1.807, 2.05) is 0 Å². The van der Waals surface area contributed by atoms with Gasteiger partial charge in [-0.1, -0.05) is 0 Å². The summed E-state index contributed by atoms with van der Waals surface area (Å²) in [6.07, 6.45) is -12.1. The number of ketones is 1. The molecule has 0 aliphatic carbocycles. The van der Waals surface area contributed by atoms with E-state index in [0.717, 1.165) is 7.11 Å². The van der Waals surface area contributed by atoms with E-state index in [1.54, 1.807) is 0 Å². The topological polar surface area (TPSA) is 43.4 Å². The van der Waals surface area contributed by atoms with Crippen LogP contribution in [0.3, 0.4) is 0 Å². The molecule has 35 heavy (non-hydrogen) atoms. The van der Waals surface area contributed by atoms with Gasteiger partial charge in [-0.2, -0.15) is 74.6 Å². The molecule has 0 saturated carbocycles. The second-order valence-corrected chi connectivity index (χ2v) is 6.72. The fourth-order valence-electron chi connectivity index (χ4n) is 2.15. The maximum atomic E-state index is 13.6. The van der Waals surface area contributed by atoms with E-state index >= 15 is 0 Å². The smallest absolute Gasteiger partial charge is 0.460 e. The molecule has 0 atom stereocenters. The zero-order valence-corrected chi connectivity index (χ0v) is 16.5. The van der Waals surface area contributed by atoms with E-state index in [9.17, 15) is 84.2 Å². The minimum atomic E-state index is -8.74. The number of unbranched alkanes of at least 4 members (excludes halogenated alkanes) is 1. The Bertz CT molecular complexity index is 784. The van der Waals surface area contributed by atoms with Crippen LogP contribution in [0.15, 0.2) is 0 Å². The van der Waals surface area contributed by atoms with Crippen LogP contribution in [-0.2, 0) is 14.3 Å². The number of Topliss-reactive ketones (excluding diaryl/α,β-unsaturated/α-hetero) is 1. The van der Waals surface area contributed by atoms with Gasteiger partial charge in [0.2, 0.25) is 5.78 Å². The first-order valence-corrected chi connectivity index (χ1v) is 8.44. The quantitative estimate of drug-likeness (QED) is 0.160. The zero-order valence-electron chi connectivity index (χ0n) is 16.5. The second-order valence-electron chi connectivity index (χ2n) is 6.72. The molecule has 0 radical (unpaired) electrons. The minimum Gasteiger partial charge on any atom is -0.469 e. The van der Waals surface area contributed by atoms with E-state index in [-0.39, 0.29) is 0 Å². The lowest BCUT2D eigenvalue weighted by atomic mass is 9.87. The molecular weight excluding hydrogens is 551 g/mol. The van der Waals surface area contributed by atoms with Crippen molar-refractivity contribution < 1.29 is 89.0 Å². The summed E-state index contributed by atoms with van der Waals surface area (Å²) >= 11 is 0. The molecule has 0 heterocycles. The lowest BCUT2D eigenvalue weighted by Crippen LogP contribution is -2.75. The molecule has 0 aromatic rings. The van der Waals surface area contributed by atoms with Crippen LogP contribution in [0, 0.1) is 0 Å². The van der Waals surface area contributed by atoms with Crippen molar-refractivity contribution in [2.45, 2.75) is 73.3 Å². The molecule has 0 N–H and O–H groups in total. The van der Waals surface area contributed by atoms with Crippen LogP contribution < -0.4 is 0 Å². The molecule has 0 saturated heterocycles. The van der Waals surface area contributed by atoms with Gasteiger partial charge < -0.3 is 4.74 Å². The second kappa shape index (κ2) is 9.44. The summed E-state index contributed by atoms with van der Waals surface area (Å²) in [5, 5.41) is 0. The summed E-state index contributed by atoms with van der Waals surface area (Å²) < 4.78 is 227. The number of hydrogen-bond acceptors (Lipinski definition) is 3. The third kappa shape index (κ3) is 4.97. The van der Waals surface area contributed by atoms with Crippen LogP contribution in [-0.4, -0.2) is 66.5 Å². The van der Waals surface area contributed by atoms with Crippen LogP contribution >= 0.6 is 0 Å². The van der Waals surface area contributed by atoms with Crippen LogP contribution in [0.25, 0.3) is 0 Å². The summed E-state index contributed by atoms with van der Waals surface area (Å²) in [5.41, 5.74) is 0. The molecule has 3 nitrogen and oxygen atoms in total. The van der Waals surface area contributed by atoms with Crippen LogP contribution in [0.2, 0.25) is 0 Å². The number of ether oxygens (including phenoxy) is 1. The van der Waals surface area contributed by atoms with Crippen molar-refractivity contribution in [3.63, 3.8) is 0 Å². The third-order valence-corrected chi connectivity index (χ3v) is 4.33. The van der Waals surface area contributed by atoms with Crippen molar-refractivity contribution in [1.29, 1.82) is 0 Å².